The Morgan fingerprint density at radius 1 is 1.18 bits per heavy atom. The van der Waals surface area contributed by atoms with Gasteiger partial charge < -0.3 is 4.57 Å². The number of fused-ring (bicyclic) bond motifs is 1. The third-order valence-corrected chi connectivity index (χ3v) is 3.74. The van der Waals surface area contributed by atoms with E-state index >= 15 is 0 Å². The molecule has 17 heavy (non-hydrogen) atoms. The zero-order valence-corrected chi connectivity index (χ0v) is 11.4. The molecule has 0 saturated heterocycles. The van der Waals surface area contributed by atoms with E-state index < -0.39 is 0 Å². The largest absolute Gasteiger partial charge is 0.351 e. The molecule has 0 fully saturated rings. The van der Waals surface area contributed by atoms with Crippen LogP contribution in [0.15, 0.2) is 30.5 Å². The molecule has 0 aliphatic heterocycles. The van der Waals surface area contributed by atoms with Crippen molar-refractivity contribution >= 4 is 10.9 Å². The number of hydrogen-bond acceptors (Lipinski definition) is 0. The number of aromatic nitrogens is 1. The van der Waals surface area contributed by atoms with Crippen molar-refractivity contribution in [1.29, 1.82) is 0 Å². The van der Waals surface area contributed by atoms with E-state index in [0.717, 1.165) is 5.92 Å². The van der Waals surface area contributed by atoms with Gasteiger partial charge in [-0.2, -0.15) is 0 Å². The van der Waals surface area contributed by atoms with Gasteiger partial charge in [0.25, 0.3) is 0 Å². The van der Waals surface area contributed by atoms with Gasteiger partial charge in [0.05, 0.1) is 0 Å². The number of hydrogen-bond donors (Lipinski definition) is 0. The average molecular weight is 229 g/mol. The first-order valence-electron chi connectivity index (χ1n) is 6.68. The molecule has 0 radical (unpaired) electrons. The summed E-state index contributed by atoms with van der Waals surface area (Å²) in [7, 11) is 2.11. The van der Waals surface area contributed by atoms with Crippen LogP contribution in [0.1, 0.15) is 45.1 Å². The molecule has 92 valence electrons. The van der Waals surface area contributed by atoms with Crippen LogP contribution >= 0.6 is 0 Å². The smallest absolute Gasteiger partial charge is 0.0477 e. The van der Waals surface area contributed by atoms with E-state index in [1.165, 1.54) is 29.3 Å². The highest BCUT2D eigenvalue weighted by molar-refractivity contribution is 5.80. The molecule has 1 unspecified atom stereocenters. The van der Waals surface area contributed by atoms with E-state index in [2.05, 4.69) is 62.8 Å². The van der Waals surface area contributed by atoms with Crippen molar-refractivity contribution in [3.8, 4) is 0 Å². The lowest BCUT2D eigenvalue weighted by atomic mass is 9.84. The summed E-state index contributed by atoms with van der Waals surface area (Å²) in [5.41, 5.74) is 2.83. The second-order valence-electron chi connectivity index (χ2n) is 5.38. The van der Waals surface area contributed by atoms with Crippen LogP contribution in [0.5, 0.6) is 0 Å². The summed E-state index contributed by atoms with van der Waals surface area (Å²) < 4.78 is 2.18. The lowest BCUT2D eigenvalue weighted by Gasteiger charge is -2.21. The van der Waals surface area contributed by atoms with E-state index in [9.17, 15) is 0 Å². The lowest BCUT2D eigenvalue weighted by molar-refractivity contribution is 0.464. The Labute approximate surface area is 104 Å². The summed E-state index contributed by atoms with van der Waals surface area (Å²) in [5, 5.41) is 1.37. The average Bonchev–Trinajstić information content (AvgIpc) is 2.67. The molecular weight excluding hydrogens is 206 g/mol. The quantitative estimate of drug-likeness (QED) is 0.715. The van der Waals surface area contributed by atoms with Gasteiger partial charge in [-0.15, -0.1) is 0 Å². The van der Waals surface area contributed by atoms with E-state index in [0.29, 0.717) is 5.92 Å². The molecule has 0 saturated carbocycles. The number of benzene rings is 1. The standard InChI is InChI=1S/C16H23N/c1-5-6-15(12(2)3)13-7-8-16-14(11-13)9-10-17(16)4/h7-12,15H,5-6H2,1-4H3. The van der Waals surface area contributed by atoms with Gasteiger partial charge >= 0.3 is 0 Å². The van der Waals surface area contributed by atoms with E-state index in [4.69, 9.17) is 0 Å². The van der Waals surface area contributed by atoms with Gasteiger partial charge in [0.1, 0.15) is 0 Å². The molecule has 1 heteroatoms. The maximum Gasteiger partial charge on any atom is 0.0477 e. The topological polar surface area (TPSA) is 4.93 Å². The fourth-order valence-corrected chi connectivity index (χ4v) is 2.73. The minimum absolute atomic E-state index is 0.699. The number of rotatable bonds is 4. The summed E-state index contributed by atoms with van der Waals surface area (Å²) in [4.78, 5) is 0. The van der Waals surface area contributed by atoms with Crippen LogP contribution in [0.2, 0.25) is 0 Å². The first-order chi connectivity index (χ1) is 8.13. The highest BCUT2D eigenvalue weighted by Crippen LogP contribution is 2.31. The molecule has 0 aliphatic rings. The van der Waals surface area contributed by atoms with E-state index in [1.807, 2.05) is 0 Å². The van der Waals surface area contributed by atoms with Crippen molar-refractivity contribution in [1.82, 2.24) is 4.57 Å². The van der Waals surface area contributed by atoms with Crippen molar-refractivity contribution < 1.29 is 0 Å². The summed E-state index contributed by atoms with van der Waals surface area (Å²) in [6, 6.07) is 9.15. The maximum atomic E-state index is 2.37. The third-order valence-electron chi connectivity index (χ3n) is 3.74. The Bertz CT molecular complexity index is 493. The van der Waals surface area contributed by atoms with E-state index in [-0.39, 0.29) is 0 Å². The fraction of sp³-hybridized carbons (Fsp3) is 0.500. The van der Waals surface area contributed by atoms with Gasteiger partial charge in [0.15, 0.2) is 0 Å². The van der Waals surface area contributed by atoms with Gasteiger partial charge in [-0.3, -0.25) is 0 Å². The summed E-state index contributed by atoms with van der Waals surface area (Å²) in [5.74, 6) is 1.42. The van der Waals surface area contributed by atoms with Crippen LogP contribution in [0.25, 0.3) is 10.9 Å². The Morgan fingerprint density at radius 2 is 1.94 bits per heavy atom. The molecule has 0 N–H and O–H groups in total. The molecule has 1 aromatic heterocycles. The minimum atomic E-state index is 0.699. The second-order valence-corrected chi connectivity index (χ2v) is 5.38. The first kappa shape index (κ1) is 12.2. The zero-order valence-electron chi connectivity index (χ0n) is 11.4. The lowest BCUT2D eigenvalue weighted by Crippen LogP contribution is -2.06. The van der Waals surface area contributed by atoms with Crippen LogP contribution < -0.4 is 0 Å². The van der Waals surface area contributed by atoms with Crippen LogP contribution in [0, 0.1) is 5.92 Å². The molecule has 1 nitrogen and oxygen atoms in total. The summed E-state index contributed by atoms with van der Waals surface area (Å²) >= 11 is 0. The molecule has 0 aliphatic carbocycles. The van der Waals surface area contributed by atoms with Gasteiger partial charge in [-0.25, -0.2) is 0 Å². The van der Waals surface area contributed by atoms with Crippen LogP contribution in [-0.4, -0.2) is 4.57 Å². The SMILES string of the molecule is CCCC(c1ccc2c(ccn2C)c1)C(C)C. The van der Waals surface area contributed by atoms with Crippen LogP contribution in [0.4, 0.5) is 0 Å². The third kappa shape index (κ3) is 2.38. The highest BCUT2D eigenvalue weighted by atomic mass is 14.9. The Hall–Kier alpha value is -1.24. The molecule has 2 rings (SSSR count). The highest BCUT2D eigenvalue weighted by Gasteiger charge is 2.15. The molecule has 1 aromatic carbocycles. The normalized spacial score (nSPS) is 13.5. The summed E-state index contributed by atoms with van der Waals surface area (Å²) in [6.07, 6.45) is 4.68. The van der Waals surface area contributed by atoms with Gasteiger partial charge in [0, 0.05) is 18.8 Å². The van der Waals surface area contributed by atoms with E-state index in [1.54, 1.807) is 0 Å². The van der Waals surface area contributed by atoms with Gasteiger partial charge in [-0.1, -0.05) is 33.3 Å². The molecule has 2 aromatic rings. The first-order valence-corrected chi connectivity index (χ1v) is 6.68. The molecule has 0 spiro atoms. The molecule has 0 bridgehead atoms. The Kier molecular flexibility index (Phi) is 3.56. The maximum absolute atomic E-state index is 2.37. The fourth-order valence-electron chi connectivity index (χ4n) is 2.73. The molecule has 1 heterocycles. The molecule has 0 amide bonds. The number of aryl methyl sites for hydroxylation is 1. The van der Waals surface area contributed by atoms with Crippen molar-refractivity contribution in [2.75, 3.05) is 0 Å². The Morgan fingerprint density at radius 3 is 2.59 bits per heavy atom. The monoisotopic (exact) mass is 229 g/mol. The van der Waals surface area contributed by atoms with Gasteiger partial charge in [-0.05, 0) is 47.4 Å². The number of nitrogens with zero attached hydrogens (tertiary/aromatic N) is 1. The van der Waals surface area contributed by atoms with Crippen LogP contribution in [0.3, 0.4) is 0 Å². The van der Waals surface area contributed by atoms with Crippen LogP contribution in [-0.2, 0) is 7.05 Å². The molecule has 1 atom stereocenters. The predicted molar refractivity (Wildman–Crippen MR) is 75.4 cm³/mol. The molecular formula is C16H23N. The second kappa shape index (κ2) is 4.95. The summed E-state index contributed by atoms with van der Waals surface area (Å²) in [6.45, 7) is 6.93. The van der Waals surface area contributed by atoms with Crippen molar-refractivity contribution in [3.63, 3.8) is 0 Å². The van der Waals surface area contributed by atoms with Crippen molar-refractivity contribution in [3.05, 3.63) is 36.0 Å². The Balaban J connectivity index is 2.40. The van der Waals surface area contributed by atoms with Gasteiger partial charge in [0.2, 0.25) is 0 Å². The predicted octanol–water partition coefficient (Wildman–Crippen LogP) is 4.72. The zero-order chi connectivity index (χ0) is 12.4. The minimum Gasteiger partial charge on any atom is -0.351 e. The van der Waals surface area contributed by atoms with Crippen molar-refractivity contribution in [2.45, 2.75) is 39.5 Å². The van der Waals surface area contributed by atoms with Crippen molar-refractivity contribution in [2.24, 2.45) is 13.0 Å².